The van der Waals surface area contributed by atoms with Gasteiger partial charge >= 0.3 is 0 Å². The van der Waals surface area contributed by atoms with Crippen molar-refractivity contribution in [2.75, 3.05) is 0 Å². The summed E-state index contributed by atoms with van der Waals surface area (Å²) in [5.41, 5.74) is 3.62. The van der Waals surface area contributed by atoms with Crippen LogP contribution in [0.3, 0.4) is 0 Å². The van der Waals surface area contributed by atoms with Crippen molar-refractivity contribution in [2.45, 2.75) is 26.3 Å². The minimum atomic E-state index is -0.0821. The number of hydrogen-bond donors (Lipinski definition) is 1. The van der Waals surface area contributed by atoms with Crippen LogP contribution in [0.2, 0.25) is 0 Å². The van der Waals surface area contributed by atoms with Crippen molar-refractivity contribution in [3.63, 3.8) is 0 Å². The number of carbonyl (C=O) groups excluding carboxylic acids is 1. The molecule has 4 nitrogen and oxygen atoms in total. The van der Waals surface area contributed by atoms with Crippen LogP contribution in [0, 0.1) is 6.92 Å². The van der Waals surface area contributed by atoms with E-state index in [-0.39, 0.29) is 11.9 Å². The lowest BCUT2D eigenvalue weighted by Gasteiger charge is -2.16. The molecule has 3 aromatic rings. The molecule has 4 heteroatoms. The maximum atomic E-state index is 12.7. The molecule has 0 saturated carbocycles. The number of aromatic nitrogens is 2. The predicted octanol–water partition coefficient (Wildman–Crippen LogP) is 3.76. The molecule has 0 aliphatic heterocycles. The molecule has 0 radical (unpaired) electrons. The highest BCUT2D eigenvalue weighted by molar-refractivity contribution is 6.07. The van der Waals surface area contributed by atoms with Crippen LogP contribution in [0.25, 0.3) is 10.9 Å². The van der Waals surface area contributed by atoms with Gasteiger partial charge in [0, 0.05) is 29.8 Å². The lowest BCUT2D eigenvalue weighted by Crippen LogP contribution is -2.28. The van der Waals surface area contributed by atoms with E-state index in [9.17, 15) is 4.79 Å². The number of para-hydroxylation sites is 1. The zero-order valence-electron chi connectivity index (χ0n) is 13.7. The molecule has 0 fully saturated rings. The van der Waals surface area contributed by atoms with E-state index in [1.54, 1.807) is 0 Å². The number of pyridine rings is 1. The molecule has 0 aliphatic rings. The first-order chi connectivity index (χ1) is 11.1. The molecule has 2 heterocycles. The molecule has 0 unspecified atom stereocenters. The molecule has 2 aromatic heterocycles. The van der Waals surface area contributed by atoms with Crippen LogP contribution in [-0.2, 0) is 7.05 Å². The fourth-order valence-electron chi connectivity index (χ4n) is 2.90. The van der Waals surface area contributed by atoms with Gasteiger partial charge in [-0.1, -0.05) is 31.2 Å². The molecule has 118 valence electrons. The van der Waals surface area contributed by atoms with Crippen LogP contribution in [0.1, 0.15) is 41.1 Å². The molecular weight excluding hydrogens is 286 g/mol. The first kappa shape index (κ1) is 15.3. The van der Waals surface area contributed by atoms with Crippen molar-refractivity contribution >= 4 is 16.8 Å². The third-order valence-electron chi connectivity index (χ3n) is 4.12. The molecule has 0 aliphatic carbocycles. The smallest absolute Gasteiger partial charge is 0.253 e. The highest BCUT2D eigenvalue weighted by atomic mass is 16.1. The van der Waals surface area contributed by atoms with Gasteiger partial charge in [0.1, 0.15) is 0 Å². The number of nitrogens with zero attached hydrogens (tertiary/aromatic N) is 2. The molecule has 1 N–H and O–H groups in total. The molecule has 1 aromatic carbocycles. The van der Waals surface area contributed by atoms with E-state index < -0.39 is 0 Å². The van der Waals surface area contributed by atoms with Crippen molar-refractivity contribution in [2.24, 2.45) is 7.05 Å². The van der Waals surface area contributed by atoms with E-state index in [1.165, 1.54) is 0 Å². The van der Waals surface area contributed by atoms with Gasteiger partial charge < -0.3 is 9.88 Å². The average molecular weight is 307 g/mol. The van der Waals surface area contributed by atoms with Gasteiger partial charge in [-0.3, -0.25) is 9.78 Å². The Labute approximate surface area is 136 Å². The Balaban J connectivity index is 1.90. The topological polar surface area (TPSA) is 46.9 Å². The Kier molecular flexibility index (Phi) is 4.15. The van der Waals surface area contributed by atoms with Crippen molar-refractivity contribution in [3.8, 4) is 0 Å². The maximum Gasteiger partial charge on any atom is 0.253 e. The first-order valence-corrected chi connectivity index (χ1v) is 7.88. The zero-order valence-corrected chi connectivity index (χ0v) is 13.7. The lowest BCUT2D eigenvalue weighted by atomic mass is 10.1. The number of amides is 1. The Hall–Kier alpha value is -2.62. The third kappa shape index (κ3) is 2.97. The second-order valence-electron chi connectivity index (χ2n) is 5.81. The number of hydrogen-bond acceptors (Lipinski definition) is 2. The minimum absolute atomic E-state index is 0.0584. The van der Waals surface area contributed by atoms with Crippen LogP contribution in [-0.4, -0.2) is 15.5 Å². The SMILES string of the molecule is CC[C@H](NC(=O)c1cn(C)c2ccccc12)c1cccc(C)n1. The number of nitrogens with one attached hydrogen (secondary N) is 1. The van der Waals surface area contributed by atoms with E-state index in [1.807, 2.05) is 67.2 Å². The number of carbonyl (C=O) groups is 1. The summed E-state index contributed by atoms with van der Waals surface area (Å²) in [6, 6.07) is 13.8. The molecule has 0 bridgehead atoms. The normalized spacial score (nSPS) is 12.3. The van der Waals surface area contributed by atoms with E-state index in [0.717, 1.165) is 28.7 Å². The molecule has 23 heavy (non-hydrogen) atoms. The van der Waals surface area contributed by atoms with E-state index in [4.69, 9.17) is 0 Å². The standard InChI is InChI=1S/C19H21N3O/c1-4-16(17-10-7-8-13(2)20-17)21-19(23)15-12-22(3)18-11-6-5-9-14(15)18/h5-12,16H,4H2,1-3H3,(H,21,23)/t16-/m0/s1. The Morgan fingerprint density at radius 3 is 2.74 bits per heavy atom. The number of rotatable bonds is 4. The fourth-order valence-corrected chi connectivity index (χ4v) is 2.90. The van der Waals surface area contributed by atoms with Gasteiger partial charge in [0.05, 0.1) is 17.3 Å². The molecular formula is C19H21N3O. The molecule has 1 atom stereocenters. The first-order valence-electron chi connectivity index (χ1n) is 7.88. The van der Waals surface area contributed by atoms with E-state index >= 15 is 0 Å². The fraction of sp³-hybridized carbons (Fsp3) is 0.263. The summed E-state index contributed by atoms with van der Waals surface area (Å²) in [5, 5.41) is 4.09. The van der Waals surface area contributed by atoms with E-state index in [2.05, 4.69) is 17.2 Å². The largest absolute Gasteiger partial charge is 0.350 e. The van der Waals surface area contributed by atoms with Crippen molar-refractivity contribution in [3.05, 3.63) is 65.6 Å². The number of benzene rings is 1. The van der Waals surface area contributed by atoms with Gasteiger partial charge in [-0.25, -0.2) is 0 Å². The second kappa shape index (κ2) is 6.24. The highest BCUT2D eigenvalue weighted by Gasteiger charge is 2.18. The van der Waals surface area contributed by atoms with Crippen LogP contribution < -0.4 is 5.32 Å². The quantitative estimate of drug-likeness (QED) is 0.797. The summed E-state index contributed by atoms with van der Waals surface area (Å²) in [6.07, 6.45) is 2.68. The van der Waals surface area contributed by atoms with Gasteiger partial charge in [0.15, 0.2) is 0 Å². The minimum Gasteiger partial charge on any atom is -0.350 e. The highest BCUT2D eigenvalue weighted by Crippen LogP contribution is 2.22. The lowest BCUT2D eigenvalue weighted by molar-refractivity contribution is 0.0936. The monoisotopic (exact) mass is 307 g/mol. The summed E-state index contributed by atoms with van der Waals surface area (Å²) in [4.78, 5) is 17.3. The summed E-state index contributed by atoms with van der Waals surface area (Å²) < 4.78 is 1.98. The van der Waals surface area contributed by atoms with Gasteiger partial charge in [0.25, 0.3) is 5.91 Å². The molecule has 0 spiro atoms. The molecule has 0 saturated heterocycles. The van der Waals surface area contributed by atoms with Crippen molar-refractivity contribution in [1.29, 1.82) is 0 Å². The Morgan fingerprint density at radius 1 is 1.22 bits per heavy atom. The molecule has 3 rings (SSSR count). The van der Waals surface area contributed by atoms with Crippen LogP contribution >= 0.6 is 0 Å². The summed E-state index contributed by atoms with van der Waals surface area (Å²) in [5.74, 6) is -0.0584. The van der Waals surface area contributed by atoms with Gasteiger partial charge in [-0.2, -0.15) is 0 Å². The molecule has 1 amide bonds. The van der Waals surface area contributed by atoms with Crippen molar-refractivity contribution in [1.82, 2.24) is 14.9 Å². The van der Waals surface area contributed by atoms with E-state index in [0.29, 0.717) is 5.56 Å². The summed E-state index contributed by atoms with van der Waals surface area (Å²) in [7, 11) is 1.96. The maximum absolute atomic E-state index is 12.7. The predicted molar refractivity (Wildman–Crippen MR) is 92.4 cm³/mol. The second-order valence-corrected chi connectivity index (χ2v) is 5.81. The third-order valence-corrected chi connectivity index (χ3v) is 4.12. The van der Waals surface area contributed by atoms with Gasteiger partial charge in [-0.15, -0.1) is 0 Å². The van der Waals surface area contributed by atoms with Crippen molar-refractivity contribution < 1.29 is 4.79 Å². The van der Waals surface area contributed by atoms with Gasteiger partial charge in [0.2, 0.25) is 0 Å². The van der Waals surface area contributed by atoms with Crippen LogP contribution in [0.15, 0.2) is 48.7 Å². The summed E-state index contributed by atoms with van der Waals surface area (Å²) in [6.45, 7) is 4.01. The summed E-state index contributed by atoms with van der Waals surface area (Å²) >= 11 is 0. The van der Waals surface area contributed by atoms with Gasteiger partial charge in [-0.05, 0) is 31.5 Å². The zero-order chi connectivity index (χ0) is 16.4. The Morgan fingerprint density at radius 2 is 2.00 bits per heavy atom. The Bertz CT molecular complexity index is 851. The number of fused-ring (bicyclic) bond motifs is 1. The number of aryl methyl sites for hydroxylation is 2. The van der Waals surface area contributed by atoms with Crippen LogP contribution in [0.4, 0.5) is 0 Å². The van der Waals surface area contributed by atoms with Crippen LogP contribution in [0.5, 0.6) is 0 Å². The average Bonchev–Trinajstić information content (AvgIpc) is 2.90.